The molecule has 0 aliphatic carbocycles. The van der Waals surface area contributed by atoms with Crippen molar-refractivity contribution in [3.05, 3.63) is 34.9 Å². The van der Waals surface area contributed by atoms with Crippen molar-refractivity contribution in [3.8, 4) is 0 Å². The molecule has 0 spiro atoms. The predicted molar refractivity (Wildman–Crippen MR) is 99.4 cm³/mol. The summed E-state index contributed by atoms with van der Waals surface area (Å²) in [4.78, 5) is 27.5. The first-order valence-corrected chi connectivity index (χ1v) is 9.35. The Bertz CT molecular complexity index is 672. The predicted octanol–water partition coefficient (Wildman–Crippen LogP) is 3.90. The minimum atomic E-state index is -0.530. The van der Waals surface area contributed by atoms with Crippen LogP contribution in [-0.4, -0.2) is 47.7 Å². The number of amides is 1. The van der Waals surface area contributed by atoms with Gasteiger partial charge in [-0.3, -0.25) is 9.69 Å². The molecule has 0 aromatic heterocycles. The Balaban J connectivity index is 1.77. The summed E-state index contributed by atoms with van der Waals surface area (Å²) in [5, 5.41) is 0. The summed E-state index contributed by atoms with van der Waals surface area (Å²) >= 11 is 0. The van der Waals surface area contributed by atoms with Crippen LogP contribution in [-0.2, 0) is 9.47 Å². The van der Waals surface area contributed by atoms with E-state index in [4.69, 9.17) is 9.47 Å². The molecular weight excluding hydrogens is 330 g/mol. The molecular formula is C21H29NO4. The summed E-state index contributed by atoms with van der Waals surface area (Å²) in [6.07, 6.45) is 0.955. The molecule has 2 fully saturated rings. The maximum atomic E-state index is 13.1. The number of hydrogen-bond acceptors (Lipinski definition) is 4. The number of piperidine rings is 1. The molecule has 5 nitrogen and oxygen atoms in total. The molecule has 142 valence electrons. The molecule has 2 atom stereocenters. The van der Waals surface area contributed by atoms with Gasteiger partial charge in [-0.05, 0) is 59.6 Å². The molecule has 2 heterocycles. The first-order chi connectivity index (χ1) is 12.1. The van der Waals surface area contributed by atoms with Crippen LogP contribution in [0.25, 0.3) is 0 Å². The fraction of sp³-hybridized carbons (Fsp3) is 0.619. The van der Waals surface area contributed by atoms with Crippen molar-refractivity contribution in [3.63, 3.8) is 0 Å². The average molecular weight is 359 g/mol. The molecule has 5 heteroatoms. The van der Waals surface area contributed by atoms with Crippen LogP contribution in [0.2, 0.25) is 0 Å². The largest absolute Gasteiger partial charge is 0.444 e. The highest BCUT2D eigenvalue weighted by molar-refractivity contribution is 5.98. The third-order valence-corrected chi connectivity index (χ3v) is 5.00. The van der Waals surface area contributed by atoms with Crippen molar-refractivity contribution in [2.75, 3.05) is 13.2 Å². The van der Waals surface area contributed by atoms with E-state index in [1.165, 1.54) is 0 Å². The van der Waals surface area contributed by atoms with Gasteiger partial charge in [0.25, 0.3) is 0 Å². The van der Waals surface area contributed by atoms with E-state index < -0.39 is 5.60 Å². The number of hydrogen-bond donors (Lipinski definition) is 0. The lowest BCUT2D eigenvalue weighted by Crippen LogP contribution is -2.60. The maximum Gasteiger partial charge on any atom is 0.410 e. The van der Waals surface area contributed by atoms with Crippen molar-refractivity contribution >= 4 is 11.9 Å². The van der Waals surface area contributed by atoms with Gasteiger partial charge in [-0.2, -0.15) is 0 Å². The Labute approximate surface area is 155 Å². The standard InChI is InChI=1S/C21H29NO4/c1-13-6-14(2)8-15(7-13)19(23)16-9-17-11-25-12-18(10-16)22(17)20(24)26-21(3,4)5/h6-8,16-18H,9-12H2,1-5H3. The maximum absolute atomic E-state index is 13.1. The minimum Gasteiger partial charge on any atom is -0.444 e. The summed E-state index contributed by atoms with van der Waals surface area (Å²) in [7, 11) is 0. The molecule has 2 bridgehead atoms. The van der Waals surface area contributed by atoms with Gasteiger partial charge in [0.1, 0.15) is 5.60 Å². The second-order valence-electron chi connectivity index (χ2n) is 8.64. The average Bonchev–Trinajstić information content (AvgIpc) is 2.50. The SMILES string of the molecule is Cc1cc(C)cc(C(=O)C2CC3COCC(C2)N3C(=O)OC(C)(C)C)c1. The van der Waals surface area contributed by atoms with Crippen LogP contribution in [0.1, 0.15) is 55.1 Å². The number of ketones is 1. The first kappa shape index (κ1) is 18.9. The Kier molecular flexibility index (Phi) is 5.11. The number of carbonyl (C=O) groups is 2. The summed E-state index contributed by atoms with van der Waals surface area (Å²) in [5.74, 6) is 0.103. The fourth-order valence-electron chi connectivity index (χ4n) is 4.09. The molecule has 1 aromatic rings. The van der Waals surface area contributed by atoms with E-state index in [1.54, 1.807) is 4.90 Å². The molecule has 0 saturated carbocycles. The zero-order valence-corrected chi connectivity index (χ0v) is 16.4. The number of carbonyl (C=O) groups excluding carboxylic acids is 2. The topological polar surface area (TPSA) is 55.8 Å². The lowest BCUT2D eigenvalue weighted by atomic mass is 9.80. The normalized spacial score (nSPS) is 25.7. The molecule has 26 heavy (non-hydrogen) atoms. The Hall–Kier alpha value is -1.88. The lowest BCUT2D eigenvalue weighted by molar-refractivity contribution is -0.0861. The molecule has 2 aliphatic rings. The van der Waals surface area contributed by atoms with E-state index in [0.29, 0.717) is 26.1 Å². The molecule has 0 N–H and O–H groups in total. The van der Waals surface area contributed by atoms with Gasteiger partial charge in [0.15, 0.2) is 5.78 Å². The third-order valence-electron chi connectivity index (χ3n) is 5.00. The molecule has 2 saturated heterocycles. The van der Waals surface area contributed by atoms with Gasteiger partial charge in [0.2, 0.25) is 0 Å². The summed E-state index contributed by atoms with van der Waals surface area (Å²) in [6, 6.07) is 5.79. The number of rotatable bonds is 2. The number of ether oxygens (including phenoxy) is 2. The van der Waals surface area contributed by atoms with Gasteiger partial charge in [0.05, 0.1) is 25.3 Å². The van der Waals surface area contributed by atoms with Gasteiger partial charge in [-0.25, -0.2) is 4.79 Å². The zero-order chi connectivity index (χ0) is 19.1. The Morgan fingerprint density at radius 1 is 1.04 bits per heavy atom. The van der Waals surface area contributed by atoms with Crippen molar-refractivity contribution in [1.29, 1.82) is 0 Å². The summed E-state index contributed by atoms with van der Waals surface area (Å²) in [5.41, 5.74) is 2.45. The van der Waals surface area contributed by atoms with Gasteiger partial charge >= 0.3 is 6.09 Å². The van der Waals surface area contributed by atoms with Crippen LogP contribution < -0.4 is 0 Å². The first-order valence-electron chi connectivity index (χ1n) is 9.35. The van der Waals surface area contributed by atoms with Gasteiger partial charge in [-0.15, -0.1) is 0 Å². The molecule has 3 rings (SSSR count). The number of aryl methyl sites for hydroxylation is 2. The van der Waals surface area contributed by atoms with Crippen LogP contribution in [0, 0.1) is 19.8 Å². The van der Waals surface area contributed by atoms with Gasteiger partial charge in [0, 0.05) is 11.5 Å². The van der Waals surface area contributed by atoms with Crippen molar-refractivity contribution in [2.24, 2.45) is 5.92 Å². The Morgan fingerprint density at radius 2 is 1.58 bits per heavy atom. The molecule has 2 aliphatic heterocycles. The van der Waals surface area contributed by atoms with E-state index in [0.717, 1.165) is 16.7 Å². The highest BCUT2D eigenvalue weighted by Crippen LogP contribution is 2.34. The van der Waals surface area contributed by atoms with Crippen LogP contribution in [0.3, 0.4) is 0 Å². The van der Waals surface area contributed by atoms with E-state index in [9.17, 15) is 9.59 Å². The van der Waals surface area contributed by atoms with Gasteiger partial charge in [-0.1, -0.05) is 17.2 Å². The highest BCUT2D eigenvalue weighted by atomic mass is 16.6. The number of Topliss-reactive ketones (excluding diaryl/α,β-unsaturated/α-hetero) is 1. The summed E-state index contributed by atoms with van der Waals surface area (Å²) < 4.78 is 11.2. The van der Waals surface area contributed by atoms with Crippen molar-refractivity contribution in [2.45, 2.75) is 65.1 Å². The van der Waals surface area contributed by atoms with E-state index in [1.807, 2.05) is 46.8 Å². The molecule has 1 aromatic carbocycles. The number of nitrogens with zero attached hydrogens (tertiary/aromatic N) is 1. The van der Waals surface area contributed by atoms with E-state index >= 15 is 0 Å². The van der Waals surface area contributed by atoms with Crippen LogP contribution in [0.5, 0.6) is 0 Å². The summed E-state index contributed by atoms with van der Waals surface area (Å²) in [6.45, 7) is 10.6. The fourth-order valence-corrected chi connectivity index (χ4v) is 4.09. The third kappa shape index (κ3) is 4.09. The number of fused-ring (bicyclic) bond motifs is 2. The monoisotopic (exact) mass is 359 g/mol. The van der Waals surface area contributed by atoms with Gasteiger partial charge < -0.3 is 9.47 Å². The number of morpholine rings is 1. The van der Waals surface area contributed by atoms with Crippen LogP contribution in [0.15, 0.2) is 18.2 Å². The molecule has 1 amide bonds. The smallest absolute Gasteiger partial charge is 0.410 e. The van der Waals surface area contributed by atoms with E-state index in [-0.39, 0.29) is 29.9 Å². The van der Waals surface area contributed by atoms with E-state index in [2.05, 4.69) is 6.07 Å². The second kappa shape index (κ2) is 7.03. The quantitative estimate of drug-likeness (QED) is 0.752. The lowest BCUT2D eigenvalue weighted by Gasteiger charge is -2.47. The number of benzene rings is 1. The molecule has 0 radical (unpaired) electrons. The van der Waals surface area contributed by atoms with Crippen molar-refractivity contribution in [1.82, 2.24) is 4.90 Å². The zero-order valence-electron chi connectivity index (χ0n) is 16.4. The highest BCUT2D eigenvalue weighted by Gasteiger charge is 2.45. The van der Waals surface area contributed by atoms with Crippen molar-refractivity contribution < 1.29 is 19.1 Å². The second-order valence-corrected chi connectivity index (χ2v) is 8.64. The minimum absolute atomic E-state index is 0.0752. The van der Waals surface area contributed by atoms with Crippen LogP contribution in [0.4, 0.5) is 4.79 Å². The Morgan fingerprint density at radius 3 is 2.08 bits per heavy atom. The van der Waals surface area contributed by atoms with Crippen LogP contribution >= 0.6 is 0 Å². The molecule has 2 unspecified atom stereocenters.